The normalized spacial score (nSPS) is 12.0. The van der Waals surface area contributed by atoms with Gasteiger partial charge < -0.3 is 4.74 Å². The number of aromatic nitrogens is 1. The molecule has 0 aliphatic heterocycles. The molecule has 0 saturated carbocycles. The average Bonchev–Trinajstić information content (AvgIpc) is 2.60. The number of nitrogens with one attached hydrogen (secondary N) is 1. The number of rotatable bonds is 4. The number of hydrogen-bond acceptors (Lipinski definition) is 5. The van der Waals surface area contributed by atoms with Crippen LogP contribution in [0.2, 0.25) is 5.02 Å². The zero-order valence-electron chi connectivity index (χ0n) is 14.6. The molecule has 0 unspecified atom stereocenters. The molecule has 0 bridgehead atoms. The van der Waals surface area contributed by atoms with Gasteiger partial charge in [0.25, 0.3) is 5.91 Å². The number of ether oxygens (including phenoxy) is 1. The Hall–Kier alpha value is -2.85. The summed E-state index contributed by atoms with van der Waals surface area (Å²) in [6.07, 6.45) is -2.45. The minimum atomic E-state index is -4.65. The summed E-state index contributed by atoms with van der Waals surface area (Å²) in [5.74, 6) is -0.935. The second-order valence-electron chi connectivity index (χ2n) is 6.00. The van der Waals surface area contributed by atoms with Crippen LogP contribution in [0, 0.1) is 0 Å². The summed E-state index contributed by atoms with van der Waals surface area (Å²) < 4.78 is 68.8. The number of pyridine rings is 1. The van der Waals surface area contributed by atoms with Gasteiger partial charge in [-0.15, -0.1) is 0 Å². The smallest absolute Gasteiger partial charge is 0.417 e. The van der Waals surface area contributed by atoms with Crippen LogP contribution < -0.4 is 9.46 Å². The van der Waals surface area contributed by atoms with Crippen LogP contribution >= 0.6 is 11.6 Å². The molecule has 1 aromatic heterocycles. The quantitative estimate of drug-likeness (QED) is 0.645. The Labute approximate surface area is 168 Å². The van der Waals surface area contributed by atoms with Gasteiger partial charge in [-0.2, -0.15) is 13.2 Å². The average molecular weight is 445 g/mol. The maximum atomic E-state index is 13.0. The first-order chi connectivity index (χ1) is 13.4. The van der Waals surface area contributed by atoms with Crippen molar-refractivity contribution in [2.24, 2.45) is 0 Å². The molecule has 0 saturated heterocycles. The molecule has 0 aliphatic carbocycles. The van der Waals surface area contributed by atoms with Gasteiger partial charge in [-0.05, 0) is 47.9 Å². The molecule has 3 rings (SSSR count). The van der Waals surface area contributed by atoms with Crippen molar-refractivity contribution in [3.8, 4) is 11.6 Å². The van der Waals surface area contributed by atoms with E-state index in [0.717, 1.165) is 18.4 Å². The van der Waals surface area contributed by atoms with Gasteiger partial charge >= 0.3 is 6.18 Å². The van der Waals surface area contributed by atoms with E-state index in [2.05, 4.69) is 4.98 Å². The third-order valence-electron chi connectivity index (χ3n) is 3.73. The zero-order valence-corrected chi connectivity index (χ0v) is 16.2. The van der Waals surface area contributed by atoms with Crippen molar-refractivity contribution in [3.05, 3.63) is 64.8 Å². The fraction of sp³-hybridized carbons (Fsp3) is 0.111. The van der Waals surface area contributed by atoms with Crippen LogP contribution in [0.5, 0.6) is 11.6 Å². The summed E-state index contributed by atoms with van der Waals surface area (Å²) in [6.45, 7) is 0. The fourth-order valence-electron chi connectivity index (χ4n) is 2.50. The van der Waals surface area contributed by atoms with E-state index < -0.39 is 32.7 Å². The largest absolute Gasteiger partial charge is 0.438 e. The van der Waals surface area contributed by atoms with Gasteiger partial charge in [0, 0.05) is 17.1 Å². The molecule has 2 aromatic carbocycles. The zero-order chi connectivity index (χ0) is 21.4. The first-order valence-corrected chi connectivity index (χ1v) is 10.2. The molecule has 0 spiro atoms. The number of hydrogen-bond donors (Lipinski definition) is 1. The van der Waals surface area contributed by atoms with Crippen LogP contribution in [0.25, 0.3) is 10.8 Å². The number of amides is 1. The van der Waals surface area contributed by atoms with Gasteiger partial charge in [-0.1, -0.05) is 11.6 Å². The molecule has 152 valence electrons. The molecule has 6 nitrogen and oxygen atoms in total. The van der Waals surface area contributed by atoms with Crippen molar-refractivity contribution in [3.63, 3.8) is 0 Å². The molecule has 1 N–H and O–H groups in total. The fourth-order valence-corrected chi connectivity index (χ4v) is 3.18. The summed E-state index contributed by atoms with van der Waals surface area (Å²) >= 11 is 5.60. The van der Waals surface area contributed by atoms with Crippen molar-refractivity contribution in [1.29, 1.82) is 0 Å². The van der Waals surface area contributed by atoms with E-state index in [9.17, 15) is 26.4 Å². The number of benzene rings is 2. The molecular weight excluding hydrogens is 433 g/mol. The highest BCUT2D eigenvalue weighted by atomic mass is 35.5. The van der Waals surface area contributed by atoms with E-state index >= 15 is 0 Å². The number of nitrogens with zero attached hydrogens (tertiary/aromatic N) is 1. The third kappa shape index (κ3) is 4.96. The number of fused-ring (bicyclic) bond motifs is 1. The lowest BCUT2D eigenvalue weighted by molar-refractivity contribution is -0.137. The number of halogens is 4. The molecule has 11 heteroatoms. The Morgan fingerprint density at radius 2 is 1.86 bits per heavy atom. The number of sulfonamides is 1. The minimum absolute atomic E-state index is 0.00742. The minimum Gasteiger partial charge on any atom is -0.438 e. The SMILES string of the molecule is CS(=O)(=O)NC(=O)c1ccc2c(Oc3ccc(Cl)c(C(F)(F)F)c3)nccc2c1. The predicted octanol–water partition coefficient (Wildman–Crippen LogP) is 4.39. The highest BCUT2D eigenvalue weighted by Gasteiger charge is 2.33. The second-order valence-corrected chi connectivity index (χ2v) is 8.15. The Kier molecular flexibility index (Phi) is 5.42. The van der Waals surface area contributed by atoms with Gasteiger partial charge in [0.15, 0.2) is 0 Å². The van der Waals surface area contributed by atoms with Crippen LogP contribution in [0.4, 0.5) is 13.2 Å². The first kappa shape index (κ1) is 20.9. The van der Waals surface area contributed by atoms with Crippen LogP contribution in [0.3, 0.4) is 0 Å². The van der Waals surface area contributed by atoms with Gasteiger partial charge in [0.2, 0.25) is 15.9 Å². The molecule has 0 aliphatic rings. The second kappa shape index (κ2) is 7.53. The van der Waals surface area contributed by atoms with Crippen molar-refractivity contribution in [1.82, 2.24) is 9.71 Å². The summed E-state index contributed by atoms with van der Waals surface area (Å²) in [6, 6.07) is 8.85. The van der Waals surface area contributed by atoms with Gasteiger partial charge in [0.1, 0.15) is 5.75 Å². The third-order valence-corrected chi connectivity index (χ3v) is 4.61. The van der Waals surface area contributed by atoms with Gasteiger partial charge in [0.05, 0.1) is 16.8 Å². The molecular formula is C18H12ClF3N2O4S. The molecule has 0 fully saturated rings. The highest BCUT2D eigenvalue weighted by Crippen LogP contribution is 2.38. The summed E-state index contributed by atoms with van der Waals surface area (Å²) in [5, 5.41) is 0.422. The molecule has 0 radical (unpaired) electrons. The monoisotopic (exact) mass is 444 g/mol. The van der Waals surface area contributed by atoms with E-state index in [1.165, 1.54) is 30.5 Å². The predicted molar refractivity (Wildman–Crippen MR) is 101 cm³/mol. The molecule has 1 amide bonds. The van der Waals surface area contributed by atoms with E-state index in [0.29, 0.717) is 10.8 Å². The number of alkyl halides is 3. The van der Waals surface area contributed by atoms with Crippen LogP contribution in [0.15, 0.2) is 48.7 Å². The lowest BCUT2D eigenvalue weighted by atomic mass is 10.1. The topological polar surface area (TPSA) is 85.4 Å². The Morgan fingerprint density at radius 1 is 1.14 bits per heavy atom. The number of carbonyl (C=O) groups is 1. The first-order valence-electron chi connectivity index (χ1n) is 7.89. The summed E-state index contributed by atoms with van der Waals surface area (Å²) in [5.41, 5.74) is -0.970. The van der Waals surface area contributed by atoms with Crippen LogP contribution in [0.1, 0.15) is 15.9 Å². The molecule has 3 aromatic rings. The van der Waals surface area contributed by atoms with Gasteiger partial charge in [-0.25, -0.2) is 18.1 Å². The molecule has 29 heavy (non-hydrogen) atoms. The summed E-state index contributed by atoms with van der Waals surface area (Å²) in [4.78, 5) is 16.0. The highest BCUT2D eigenvalue weighted by molar-refractivity contribution is 7.89. The Morgan fingerprint density at radius 3 is 2.52 bits per heavy atom. The Bertz CT molecular complexity index is 1210. The maximum absolute atomic E-state index is 13.0. The summed E-state index contributed by atoms with van der Waals surface area (Å²) in [7, 11) is -3.73. The van der Waals surface area contributed by atoms with Crippen molar-refractivity contribution < 1.29 is 31.1 Å². The van der Waals surface area contributed by atoms with Crippen molar-refractivity contribution in [2.45, 2.75) is 6.18 Å². The maximum Gasteiger partial charge on any atom is 0.417 e. The van der Waals surface area contributed by atoms with Crippen molar-refractivity contribution in [2.75, 3.05) is 6.26 Å². The van der Waals surface area contributed by atoms with Crippen LogP contribution in [-0.2, 0) is 16.2 Å². The van der Waals surface area contributed by atoms with Crippen molar-refractivity contribution >= 4 is 38.3 Å². The Balaban J connectivity index is 1.97. The lowest BCUT2D eigenvalue weighted by Gasteiger charge is -2.12. The number of carbonyl (C=O) groups excluding carboxylic acids is 1. The van der Waals surface area contributed by atoms with Crippen LogP contribution in [-0.4, -0.2) is 25.6 Å². The molecule has 0 atom stereocenters. The van der Waals surface area contributed by atoms with E-state index in [1.807, 2.05) is 4.72 Å². The standard InChI is InChI=1S/C18H12ClF3N2O4S/c1-29(26,27)24-16(25)11-2-4-13-10(8-11)6-7-23-17(13)28-12-3-5-15(19)14(9-12)18(20,21)22/h2-9H,1H3,(H,24,25). The van der Waals surface area contributed by atoms with E-state index in [1.54, 1.807) is 6.07 Å². The lowest BCUT2D eigenvalue weighted by Crippen LogP contribution is -2.29. The van der Waals surface area contributed by atoms with Gasteiger partial charge in [-0.3, -0.25) is 4.79 Å². The van der Waals surface area contributed by atoms with E-state index in [-0.39, 0.29) is 17.2 Å². The van der Waals surface area contributed by atoms with E-state index in [4.69, 9.17) is 16.3 Å². The molecule has 1 heterocycles.